The van der Waals surface area contributed by atoms with Crippen molar-refractivity contribution in [2.75, 3.05) is 5.32 Å². The summed E-state index contributed by atoms with van der Waals surface area (Å²) in [6.07, 6.45) is 9.57. The van der Waals surface area contributed by atoms with E-state index in [1.807, 2.05) is 24.5 Å². The minimum absolute atomic E-state index is 0.557. The van der Waals surface area contributed by atoms with Crippen LogP contribution in [0, 0.1) is 11.8 Å². The molecule has 4 nitrogen and oxygen atoms in total. The van der Waals surface area contributed by atoms with Gasteiger partial charge in [-0.1, -0.05) is 20.3 Å². The second-order valence-corrected chi connectivity index (χ2v) is 5.91. The van der Waals surface area contributed by atoms with Gasteiger partial charge in [0.25, 0.3) is 0 Å². The van der Waals surface area contributed by atoms with Crippen molar-refractivity contribution in [3.05, 3.63) is 36.8 Å². The molecule has 0 spiro atoms. The summed E-state index contributed by atoms with van der Waals surface area (Å²) in [6.45, 7) is 4.69. The molecule has 0 saturated heterocycles. The van der Waals surface area contributed by atoms with E-state index >= 15 is 0 Å². The fourth-order valence-corrected chi connectivity index (χ4v) is 3.17. The molecule has 3 rings (SSSR count). The SMILES string of the molecule is CC1CCCC(C)C1Nc1ccc(-n2cccn2)nc1. The molecule has 0 bridgehead atoms. The number of hydrogen-bond donors (Lipinski definition) is 1. The Kier molecular flexibility index (Phi) is 3.72. The van der Waals surface area contributed by atoms with Crippen LogP contribution in [0.15, 0.2) is 36.8 Å². The zero-order chi connectivity index (χ0) is 13.9. The summed E-state index contributed by atoms with van der Waals surface area (Å²) in [7, 11) is 0. The summed E-state index contributed by atoms with van der Waals surface area (Å²) >= 11 is 0. The lowest BCUT2D eigenvalue weighted by molar-refractivity contribution is 0.268. The van der Waals surface area contributed by atoms with E-state index in [1.54, 1.807) is 10.9 Å². The van der Waals surface area contributed by atoms with Crippen LogP contribution in [0.4, 0.5) is 5.69 Å². The van der Waals surface area contributed by atoms with Crippen molar-refractivity contribution in [3.8, 4) is 5.82 Å². The van der Waals surface area contributed by atoms with Crippen molar-refractivity contribution in [2.45, 2.75) is 39.2 Å². The highest BCUT2D eigenvalue weighted by Gasteiger charge is 2.27. The lowest BCUT2D eigenvalue weighted by Gasteiger charge is -2.35. The van der Waals surface area contributed by atoms with Crippen molar-refractivity contribution in [1.29, 1.82) is 0 Å². The van der Waals surface area contributed by atoms with E-state index in [1.165, 1.54) is 19.3 Å². The molecular formula is C16H22N4. The molecule has 2 aromatic rings. The van der Waals surface area contributed by atoms with Crippen LogP contribution in [-0.4, -0.2) is 20.8 Å². The predicted molar refractivity (Wildman–Crippen MR) is 80.9 cm³/mol. The van der Waals surface area contributed by atoms with Crippen LogP contribution in [0.1, 0.15) is 33.1 Å². The van der Waals surface area contributed by atoms with Crippen LogP contribution in [0.3, 0.4) is 0 Å². The average molecular weight is 270 g/mol. The van der Waals surface area contributed by atoms with Crippen molar-refractivity contribution < 1.29 is 0 Å². The minimum atomic E-state index is 0.557. The molecule has 2 aromatic heterocycles. The first-order valence-electron chi connectivity index (χ1n) is 7.46. The minimum Gasteiger partial charge on any atom is -0.381 e. The molecule has 1 N–H and O–H groups in total. The number of rotatable bonds is 3. The van der Waals surface area contributed by atoms with Gasteiger partial charge in [0.2, 0.25) is 0 Å². The maximum atomic E-state index is 4.47. The first-order chi connectivity index (χ1) is 9.74. The van der Waals surface area contributed by atoms with Gasteiger partial charge in [0, 0.05) is 18.4 Å². The summed E-state index contributed by atoms with van der Waals surface area (Å²) in [5.41, 5.74) is 1.10. The number of nitrogens with zero attached hydrogens (tertiary/aromatic N) is 3. The van der Waals surface area contributed by atoms with Crippen LogP contribution >= 0.6 is 0 Å². The zero-order valence-corrected chi connectivity index (χ0v) is 12.2. The van der Waals surface area contributed by atoms with E-state index in [-0.39, 0.29) is 0 Å². The maximum absolute atomic E-state index is 4.47. The predicted octanol–water partition coefficient (Wildman–Crippen LogP) is 3.50. The van der Waals surface area contributed by atoms with Gasteiger partial charge in [-0.25, -0.2) is 9.67 Å². The van der Waals surface area contributed by atoms with Gasteiger partial charge in [0.1, 0.15) is 0 Å². The standard InChI is InChI=1S/C16H22N4/c1-12-5-3-6-13(2)16(12)19-14-7-8-15(17-11-14)20-10-4-9-18-20/h4,7-13,16,19H,3,5-6H2,1-2H3. The molecule has 0 aromatic carbocycles. The largest absolute Gasteiger partial charge is 0.381 e. The van der Waals surface area contributed by atoms with Gasteiger partial charge in [0.05, 0.1) is 11.9 Å². The Morgan fingerprint density at radius 2 is 2.00 bits per heavy atom. The highest BCUT2D eigenvalue weighted by molar-refractivity contribution is 5.44. The van der Waals surface area contributed by atoms with Crippen molar-refractivity contribution >= 4 is 5.69 Å². The molecule has 0 aliphatic heterocycles. The Bertz CT molecular complexity index is 522. The van der Waals surface area contributed by atoms with Crippen molar-refractivity contribution in [3.63, 3.8) is 0 Å². The van der Waals surface area contributed by atoms with E-state index in [9.17, 15) is 0 Å². The van der Waals surface area contributed by atoms with Crippen LogP contribution in [-0.2, 0) is 0 Å². The lowest BCUT2D eigenvalue weighted by atomic mass is 9.78. The Labute approximate surface area is 120 Å². The Morgan fingerprint density at radius 1 is 1.20 bits per heavy atom. The fourth-order valence-electron chi connectivity index (χ4n) is 3.17. The molecule has 1 fully saturated rings. The molecule has 1 aliphatic rings. The third kappa shape index (κ3) is 2.69. The van der Waals surface area contributed by atoms with Gasteiger partial charge < -0.3 is 5.32 Å². The number of anilines is 1. The number of pyridine rings is 1. The number of aromatic nitrogens is 3. The molecule has 106 valence electrons. The molecule has 0 amide bonds. The molecule has 2 unspecified atom stereocenters. The summed E-state index contributed by atoms with van der Waals surface area (Å²) in [6, 6.07) is 6.56. The normalized spacial score (nSPS) is 26.4. The molecule has 0 radical (unpaired) electrons. The van der Waals surface area contributed by atoms with Crippen LogP contribution in [0.25, 0.3) is 5.82 Å². The van der Waals surface area contributed by atoms with Gasteiger partial charge in [-0.2, -0.15) is 5.10 Å². The monoisotopic (exact) mass is 270 g/mol. The van der Waals surface area contributed by atoms with Gasteiger partial charge in [-0.05, 0) is 42.9 Å². The zero-order valence-electron chi connectivity index (χ0n) is 12.2. The third-order valence-electron chi connectivity index (χ3n) is 4.37. The van der Waals surface area contributed by atoms with E-state index in [4.69, 9.17) is 0 Å². The fraction of sp³-hybridized carbons (Fsp3) is 0.500. The highest BCUT2D eigenvalue weighted by Crippen LogP contribution is 2.31. The Balaban J connectivity index is 1.71. The smallest absolute Gasteiger partial charge is 0.153 e. The Hall–Kier alpha value is -1.84. The molecule has 4 heteroatoms. The van der Waals surface area contributed by atoms with Gasteiger partial charge in [-0.3, -0.25) is 0 Å². The van der Waals surface area contributed by atoms with E-state index in [2.05, 4.69) is 35.3 Å². The summed E-state index contributed by atoms with van der Waals surface area (Å²) in [5.74, 6) is 2.30. The first-order valence-corrected chi connectivity index (χ1v) is 7.46. The topological polar surface area (TPSA) is 42.7 Å². The molecule has 20 heavy (non-hydrogen) atoms. The van der Waals surface area contributed by atoms with Crippen LogP contribution < -0.4 is 5.32 Å². The molecule has 1 saturated carbocycles. The van der Waals surface area contributed by atoms with Crippen LogP contribution in [0.2, 0.25) is 0 Å². The average Bonchev–Trinajstić information content (AvgIpc) is 2.98. The highest BCUT2D eigenvalue weighted by atomic mass is 15.3. The lowest BCUT2D eigenvalue weighted by Crippen LogP contribution is -2.37. The second-order valence-electron chi connectivity index (χ2n) is 5.91. The third-order valence-corrected chi connectivity index (χ3v) is 4.37. The van der Waals surface area contributed by atoms with Crippen molar-refractivity contribution in [1.82, 2.24) is 14.8 Å². The molecule has 2 atom stereocenters. The van der Waals surface area contributed by atoms with E-state index < -0.39 is 0 Å². The van der Waals surface area contributed by atoms with Gasteiger partial charge in [0.15, 0.2) is 5.82 Å². The molecule has 1 aliphatic carbocycles. The van der Waals surface area contributed by atoms with Crippen LogP contribution in [0.5, 0.6) is 0 Å². The quantitative estimate of drug-likeness (QED) is 0.928. The number of hydrogen-bond acceptors (Lipinski definition) is 3. The van der Waals surface area contributed by atoms with E-state index in [0.717, 1.165) is 23.3 Å². The van der Waals surface area contributed by atoms with Gasteiger partial charge >= 0.3 is 0 Å². The van der Waals surface area contributed by atoms with E-state index in [0.29, 0.717) is 6.04 Å². The maximum Gasteiger partial charge on any atom is 0.153 e. The second kappa shape index (κ2) is 5.65. The summed E-state index contributed by atoms with van der Waals surface area (Å²) in [5, 5.41) is 7.85. The summed E-state index contributed by atoms with van der Waals surface area (Å²) < 4.78 is 1.77. The van der Waals surface area contributed by atoms with Crippen molar-refractivity contribution in [2.24, 2.45) is 11.8 Å². The van der Waals surface area contributed by atoms with Gasteiger partial charge in [-0.15, -0.1) is 0 Å². The number of nitrogens with one attached hydrogen (secondary N) is 1. The Morgan fingerprint density at radius 3 is 2.60 bits per heavy atom. The molecular weight excluding hydrogens is 248 g/mol. The molecule has 2 heterocycles. The summed E-state index contributed by atoms with van der Waals surface area (Å²) in [4.78, 5) is 4.47. The first kappa shape index (κ1) is 13.2.